The van der Waals surface area contributed by atoms with E-state index in [4.69, 9.17) is 10.4 Å². The Balaban J connectivity index is 3.69. The highest BCUT2D eigenvalue weighted by atomic mass is 19.4. The average molecular weight is 266 g/mol. The van der Waals surface area contributed by atoms with Crippen molar-refractivity contribution in [2.75, 3.05) is 0 Å². The largest absolute Gasteiger partial charge is 0.477 e. The summed E-state index contributed by atoms with van der Waals surface area (Å²) in [6.45, 7) is 0. The molecule has 0 radical (unpaired) electrons. The highest BCUT2D eigenvalue weighted by molar-refractivity contribution is 5.86. The van der Waals surface area contributed by atoms with Crippen molar-refractivity contribution >= 4 is 5.97 Å². The van der Waals surface area contributed by atoms with Gasteiger partial charge in [0.2, 0.25) is 0 Å². The van der Waals surface area contributed by atoms with E-state index in [1.54, 1.807) is 0 Å². The lowest BCUT2D eigenvalue weighted by atomic mass is 10.0. The summed E-state index contributed by atoms with van der Waals surface area (Å²) >= 11 is 0. The molecule has 0 aliphatic carbocycles. The van der Waals surface area contributed by atoms with E-state index < -0.39 is 41.1 Å². The molecule has 0 amide bonds. The van der Waals surface area contributed by atoms with E-state index in [-0.39, 0.29) is 6.07 Å². The first kappa shape index (κ1) is 13.8. The minimum Gasteiger partial charge on any atom is -0.477 e. The van der Waals surface area contributed by atoms with Crippen molar-refractivity contribution in [2.45, 2.75) is 12.6 Å². The first-order chi connectivity index (χ1) is 8.18. The van der Waals surface area contributed by atoms with E-state index in [2.05, 4.69) is 4.98 Å². The second-order valence-electron chi connectivity index (χ2n) is 3.04. The molecule has 1 heterocycles. The predicted octanol–water partition coefficient (Wildman–Crippen LogP) is 2.61. The van der Waals surface area contributed by atoms with Crippen LogP contribution in [0.2, 0.25) is 0 Å². The summed E-state index contributed by atoms with van der Waals surface area (Å²) in [7, 11) is 0. The van der Waals surface area contributed by atoms with Gasteiger partial charge in [-0.2, -0.15) is 18.4 Å². The fourth-order valence-corrected chi connectivity index (χ4v) is 1.23. The number of hydrogen-bond donors (Lipinski definition) is 1. The van der Waals surface area contributed by atoms with E-state index in [1.807, 2.05) is 0 Å². The maximum atomic E-state index is 12.5. The van der Waals surface area contributed by atoms with Crippen molar-refractivity contribution < 1.29 is 31.9 Å². The fourth-order valence-electron chi connectivity index (χ4n) is 1.23. The highest BCUT2D eigenvalue weighted by Gasteiger charge is 2.40. The zero-order chi connectivity index (χ0) is 14.1. The lowest BCUT2D eigenvalue weighted by Gasteiger charge is -2.13. The normalized spacial score (nSPS) is 11.4. The second kappa shape index (κ2) is 4.56. The molecule has 1 aromatic heterocycles. The molecule has 0 bridgehead atoms. The SMILES string of the molecule is N#Cc1nc(C(=O)O)cc(C(F)F)c1C(F)(F)F. The minimum absolute atomic E-state index is 0.108. The van der Waals surface area contributed by atoms with Crippen LogP contribution in [0, 0.1) is 11.3 Å². The van der Waals surface area contributed by atoms with Gasteiger partial charge >= 0.3 is 12.1 Å². The Kier molecular flexibility index (Phi) is 3.50. The maximum absolute atomic E-state index is 12.5. The summed E-state index contributed by atoms with van der Waals surface area (Å²) in [5.74, 6) is -1.80. The number of halogens is 5. The molecule has 1 rings (SSSR count). The molecule has 4 nitrogen and oxygen atoms in total. The minimum atomic E-state index is -5.22. The molecule has 0 fully saturated rings. The van der Waals surface area contributed by atoms with Gasteiger partial charge in [0.05, 0.1) is 0 Å². The number of pyridine rings is 1. The maximum Gasteiger partial charge on any atom is 0.419 e. The van der Waals surface area contributed by atoms with E-state index in [0.717, 1.165) is 6.07 Å². The lowest BCUT2D eigenvalue weighted by molar-refractivity contribution is -0.140. The van der Waals surface area contributed by atoms with Crippen LogP contribution < -0.4 is 0 Å². The molecule has 0 unspecified atom stereocenters. The van der Waals surface area contributed by atoms with Crippen LogP contribution in [0.25, 0.3) is 0 Å². The molecule has 1 N–H and O–H groups in total. The van der Waals surface area contributed by atoms with Gasteiger partial charge in [-0.25, -0.2) is 18.6 Å². The highest BCUT2D eigenvalue weighted by Crippen LogP contribution is 2.38. The molecule has 0 aromatic carbocycles. The summed E-state index contributed by atoms with van der Waals surface area (Å²) in [4.78, 5) is 13.4. The van der Waals surface area contributed by atoms with E-state index in [1.165, 1.54) is 0 Å². The van der Waals surface area contributed by atoms with E-state index >= 15 is 0 Å². The molecule has 0 aliphatic heterocycles. The number of nitriles is 1. The van der Waals surface area contributed by atoms with Crippen LogP contribution in [0.15, 0.2) is 6.07 Å². The third-order valence-corrected chi connectivity index (χ3v) is 1.89. The summed E-state index contributed by atoms with van der Waals surface area (Å²) in [6, 6.07) is 1.07. The quantitative estimate of drug-likeness (QED) is 0.835. The van der Waals surface area contributed by atoms with Gasteiger partial charge in [-0.1, -0.05) is 0 Å². The van der Waals surface area contributed by atoms with Crippen molar-refractivity contribution in [1.82, 2.24) is 4.98 Å². The standard InChI is InChI=1S/C9H3F5N2O2/c10-7(11)3-1-4(8(17)18)16-5(2-15)6(3)9(12,13)14/h1,7H,(H,17,18). The molecule has 0 aliphatic rings. The van der Waals surface area contributed by atoms with E-state index in [0.29, 0.717) is 0 Å². The molecular formula is C9H3F5N2O2. The van der Waals surface area contributed by atoms with Crippen molar-refractivity contribution in [3.63, 3.8) is 0 Å². The van der Waals surface area contributed by atoms with Crippen molar-refractivity contribution in [1.29, 1.82) is 5.26 Å². The molecule has 0 saturated heterocycles. The lowest BCUT2D eigenvalue weighted by Crippen LogP contribution is -2.16. The summed E-state index contributed by atoms with van der Waals surface area (Å²) < 4.78 is 62.5. The number of carbonyl (C=O) groups is 1. The summed E-state index contributed by atoms with van der Waals surface area (Å²) in [5.41, 5.74) is -5.93. The molecule has 1 aromatic rings. The zero-order valence-electron chi connectivity index (χ0n) is 8.29. The predicted molar refractivity (Wildman–Crippen MR) is 45.9 cm³/mol. The summed E-state index contributed by atoms with van der Waals surface area (Å²) in [6.07, 6.45) is -8.80. The van der Waals surface area contributed by atoms with E-state index in [9.17, 15) is 26.7 Å². The first-order valence-corrected chi connectivity index (χ1v) is 4.22. The number of carboxylic acids is 1. The Bertz CT molecular complexity index is 533. The number of hydrogen-bond acceptors (Lipinski definition) is 3. The number of rotatable bonds is 2. The number of aromatic carboxylic acids is 1. The molecule has 0 spiro atoms. The van der Waals surface area contributed by atoms with Crippen LogP contribution in [-0.2, 0) is 6.18 Å². The van der Waals surface area contributed by atoms with Crippen molar-refractivity contribution in [3.05, 3.63) is 28.6 Å². The smallest absolute Gasteiger partial charge is 0.419 e. The molecule has 18 heavy (non-hydrogen) atoms. The van der Waals surface area contributed by atoms with Gasteiger partial charge < -0.3 is 5.11 Å². The Labute approximate surface area is 96.3 Å². The van der Waals surface area contributed by atoms with Gasteiger partial charge in [0, 0.05) is 5.56 Å². The van der Waals surface area contributed by atoms with Gasteiger partial charge in [0.1, 0.15) is 17.3 Å². The first-order valence-electron chi connectivity index (χ1n) is 4.22. The third-order valence-electron chi connectivity index (χ3n) is 1.89. The Morgan fingerprint density at radius 2 is 2.00 bits per heavy atom. The Hall–Kier alpha value is -2.24. The molecule has 96 valence electrons. The van der Waals surface area contributed by atoms with Gasteiger partial charge in [-0.05, 0) is 6.07 Å². The van der Waals surface area contributed by atoms with Crippen molar-refractivity contribution in [2.24, 2.45) is 0 Å². The number of alkyl halides is 5. The Morgan fingerprint density at radius 1 is 1.44 bits per heavy atom. The van der Waals surface area contributed by atoms with Crippen LogP contribution >= 0.6 is 0 Å². The van der Waals surface area contributed by atoms with Crippen molar-refractivity contribution in [3.8, 4) is 6.07 Å². The number of carboxylic acid groups (broad SMARTS) is 1. The monoisotopic (exact) mass is 266 g/mol. The molecule has 0 saturated carbocycles. The van der Waals surface area contributed by atoms with Crippen LogP contribution in [0.4, 0.5) is 22.0 Å². The third kappa shape index (κ3) is 2.53. The summed E-state index contributed by atoms with van der Waals surface area (Å²) in [5, 5.41) is 17.0. The molecule has 9 heteroatoms. The van der Waals surface area contributed by atoms with Crippen LogP contribution in [0.1, 0.15) is 33.7 Å². The van der Waals surface area contributed by atoms with Gasteiger partial charge in [-0.15, -0.1) is 0 Å². The average Bonchev–Trinajstić information content (AvgIpc) is 2.25. The fraction of sp³-hybridized carbons (Fsp3) is 0.222. The van der Waals surface area contributed by atoms with Gasteiger partial charge in [0.25, 0.3) is 6.43 Å². The van der Waals surface area contributed by atoms with Crippen LogP contribution in [0.5, 0.6) is 0 Å². The molecule has 0 atom stereocenters. The topological polar surface area (TPSA) is 74.0 Å². The van der Waals surface area contributed by atoms with Crippen LogP contribution in [0.3, 0.4) is 0 Å². The number of nitrogens with zero attached hydrogens (tertiary/aromatic N) is 2. The zero-order valence-corrected chi connectivity index (χ0v) is 8.29. The van der Waals surface area contributed by atoms with Gasteiger partial charge in [0.15, 0.2) is 5.69 Å². The second-order valence-corrected chi connectivity index (χ2v) is 3.04. The Morgan fingerprint density at radius 3 is 2.33 bits per heavy atom. The van der Waals surface area contributed by atoms with Gasteiger partial charge in [-0.3, -0.25) is 0 Å². The molecular weight excluding hydrogens is 263 g/mol. The van der Waals surface area contributed by atoms with Crippen LogP contribution in [-0.4, -0.2) is 16.1 Å². The number of aromatic nitrogens is 1.